The summed E-state index contributed by atoms with van der Waals surface area (Å²) in [6.45, 7) is 2.19. The minimum atomic E-state index is -1.01. The number of ether oxygens (including phenoxy) is 2. The molecule has 1 heterocycles. The first-order valence-corrected chi connectivity index (χ1v) is 6.95. The van der Waals surface area contributed by atoms with Gasteiger partial charge in [-0.05, 0) is 41.1 Å². The number of benzene rings is 1. The Kier molecular flexibility index (Phi) is 4.52. The van der Waals surface area contributed by atoms with Crippen LogP contribution in [0.15, 0.2) is 22.7 Å². The van der Waals surface area contributed by atoms with Crippen molar-refractivity contribution in [2.24, 2.45) is 7.05 Å². The van der Waals surface area contributed by atoms with E-state index in [-0.39, 0.29) is 5.56 Å². The van der Waals surface area contributed by atoms with E-state index in [4.69, 9.17) is 14.6 Å². The van der Waals surface area contributed by atoms with Gasteiger partial charge in [0.2, 0.25) is 0 Å². The van der Waals surface area contributed by atoms with Gasteiger partial charge >= 0.3 is 5.97 Å². The molecule has 0 aliphatic heterocycles. The number of carboxylic acid groups (broad SMARTS) is 1. The molecule has 0 aliphatic carbocycles. The topological polar surface area (TPSA) is 73.6 Å². The van der Waals surface area contributed by atoms with E-state index in [2.05, 4.69) is 21.0 Å². The largest absolute Gasteiger partial charge is 0.493 e. The Hall–Kier alpha value is -2.02. The average Bonchev–Trinajstić information content (AvgIpc) is 2.70. The van der Waals surface area contributed by atoms with E-state index >= 15 is 0 Å². The van der Waals surface area contributed by atoms with Crippen LogP contribution in [0, 0.1) is 6.92 Å². The van der Waals surface area contributed by atoms with Crippen LogP contribution in [-0.2, 0) is 13.7 Å². The van der Waals surface area contributed by atoms with Crippen LogP contribution in [0.2, 0.25) is 0 Å². The van der Waals surface area contributed by atoms with Gasteiger partial charge in [-0.2, -0.15) is 5.10 Å². The maximum absolute atomic E-state index is 10.9. The predicted octanol–water partition coefficient (Wildman–Crippen LogP) is 2.78. The number of aromatic carboxylic acids is 1. The van der Waals surface area contributed by atoms with Gasteiger partial charge < -0.3 is 14.6 Å². The van der Waals surface area contributed by atoms with E-state index in [0.29, 0.717) is 18.1 Å². The molecule has 0 fully saturated rings. The first-order valence-electron chi connectivity index (χ1n) is 6.16. The monoisotopic (exact) mass is 354 g/mol. The highest BCUT2D eigenvalue weighted by Gasteiger charge is 2.14. The first-order chi connectivity index (χ1) is 9.93. The fourth-order valence-corrected chi connectivity index (χ4v) is 2.35. The second-order valence-corrected chi connectivity index (χ2v) is 5.22. The predicted molar refractivity (Wildman–Crippen MR) is 79.9 cm³/mol. The lowest BCUT2D eigenvalue weighted by atomic mass is 10.2. The number of carboxylic acids is 1. The molecule has 7 heteroatoms. The number of aryl methyl sites for hydroxylation is 2. The number of aromatic nitrogens is 2. The Morgan fingerprint density at radius 1 is 1.43 bits per heavy atom. The molecule has 2 aromatic rings. The van der Waals surface area contributed by atoms with Gasteiger partial charge in [-0.3, -0.25) is 4.68 Å². The van der Waals surface area contributed by atoms with E-state index < -0.39 is 5.97 Å². The number of nitrogens with zero attached hydrogens (tertiary/aromatic N) is 2. The summed E-state index contributed by atoms with van der Waals surface area (Å²) in [4.78, 5) is 10.9. The molecule has 112 valence electrons. The molecule has 2 rings (SSSR count). The molecule has 0 unspecified atom stereocenters. The number of hydrogen-bond acceptors (Lipinski definition) is 4. The Bertz CT molecular complexity index is 682. The third-order valence-corrected chi connectivity index (χ3v) is 4.07. The van der Waals surface area contributed by atoms with Gasteiger partial charge in [0.1, 0.15) is 6.61 Å². The number of methoxy groups -OCH3 is 1. The van der Waals surface area contributed by atoms with E-state index in [0.717, 1.165) is 15.9 Å². The van der Waals surface area contributed by atoms with E-state index in [1.165, 1.54) is 19.2 Å². The van der Waals surface area contributed by atoms with Gasteiger partial charge in [-0.25, -0.2) is 4.79 Å². The van der Waals surface area contributed by atoms with Crippen molar-refractivity contribution >= 4 is 21.9 Å². The summed E-state index contributed by atoms with van der Waals surface area (Å²) in [7, 11) is 3.30. The van der Waals surface area contributed by atoms with E-state index in [9.17, 15) is 4.79 Å². The maximum Gasteiger partial charge on any atom is 0.335 e. The van der Waals surface area contributed by atoms with Crippen LogP contribution in [0.1, 0.15) is 21.7 Å². The summed E-state index contributed by atoms with van der Waals surface area (Å²) in [6.07, 6.45) is 0. The van der Waals surface area contributed by atoms with Crippen molar-refractivity contribution in [1.82, 2.24) is 9.78 Å². The van der Waals surface area contributed by atoms with Gasteiger partial charge in [0.15, 0.2) is 11.5 Å². The molecule has 1 aromatic carbocycles. The number of halogens is 1. The minimum absolute atomic E-state index is 0.150. The van der Waals surface area contributed by atoms with E-state index in [1.54, 1.807) is 10.7 Å². The number of rotatable bonds is 5. The highest BCUT2D eigenvalue weighted by molar-refractivity contribution is 9.10. The van der Waals surface area contributed by atoms with Crippen LogP contribution in [0.25, 0.3) is 0 Å². The van der Waals surface area contributed by atoms with Crippen molar-refractivity contribution < 1.29 is 19.4 Å². The highest BCUT2D eigenvalue weighted by atomic mass is 79.9. The standard InChI is InChI=1S/C14H15BrN2O4/c1-8-13(15)10(17(2)16-8)7-21-11-5-4-9(14(18)19)6-12(11)20-3/h4-6H,7H2,1-3H3,(H,18,19). The maximum atomic E-state index is 10.9. The summed E-state index contributed by atoms with van der Waals surface area (Å²) < 4.78 is 13.5. The zero-order valence-corrected chi connectivity index (χ0v) is 13.5. The fraction of sp³-hybridized carbons (Fsp3) is 0.286. The molecule has 0 saturated carbocycles. The van der Waals surface area contributed by atoms with Crippen LogP contribution >= 0.6 is 15.9 Å². The van der Waals surface area contributed by atoms with Crippen LogP contribution in [0.3, 0.4) is 0 Å². The van der Waals surface area contributed by atoms with Crippen molar-refractivity contribution in [1.29, 1.82) is 0 Å². The molecule has 6 nitrogen and oxygen atoms in total. The second kappa shape index (κ2) is 6.17. The zero-order valence-electron chi connectivity index (χ0n) is 11.9. The average molecular weight is 355 g/mol. The van der Waals surface area contributed by atoms with Crippen molar-refractivity contribution in [3.8, 4) is 11.5 Å². The molecule has 0 bridgehead atoms. The van der Waals surface area contributed by atoms with Gasteiger partial charge in [0.25, 0.3) is 0 Å². The molecule has 0 radical (unpaired) electrons. The Morgan fingerprint density at radius 2 is 2.14 bits per heavy atom. The van der Waals surface area contributed by atoms with Crippen LogP contribution in [-0.4, -0.2) is 28.0 Å². The van der Waals surface area contributed by atoms with E-state index in [1.807, 2.05) is 14.0 Å². The summed E-state index contributed by atoms with van der Waals surface area (Å²) in [5.41, 5.74) is 1.91. The Labute approximate surface area is 130 Å². The molecule has 0 saturated heterocycles. The van der Waals surface area contributed by atoms with Crippen molar-refractivity contribution in [2.75, 3.05) is 7.11 Å². The lowest BCUT2D eigenvalue weighted by molar-refractivity contribution is 0.0696. The molecule has 0 atom stereocenters. The molecule has 1 N–H and O–H groups in total. The molecule has 0 amide bonds. The molecular weight excluding hydrogens is 340 g/mol. The molecule has 0 aliphatic rings. The third kappa shape index (κ3) is 3.18. The Morgan fingerprint density at radius 3 is 2.67 bits per heavy atom. The van der Waals surface area contributed by atoms with Crippen LogP contribution in [0.5, 0.6) is 11.5 Å². The fourth-order valence-electron chi connectivity index (χ4n) is 1.90. The molecule has 21 heavy (non-hydrogen) atoms. The first kappa shape index (κ1) is 15.4. The lowest BCUT2D eigenvalue weighted by Gasteiger charge is -2.11. The summed E-state index contributed by atoms with van der Waals surface area (Å²) in [5.74, 6) is -0.150. The highest BCUT2D eigenvalue weighted by Crippen LogP contribution is 2.30. The van der Waals surface area contributed by atoms with Gasteiger partial charge in [0, 0.05) is 7.05 Å². The summed E-state index contributed by atoms with van der Waals surface area (Å²) in [5, 5.41) is 13.2. The van der Waals surface area contributed by atoms with Gasteiger partial charge in [-0.1, -0.05) is 0 Å². The van der Waals surface area contributed by atoms with Crippen molar-refractivity contribution in [3.63, 3.8) is 0 Å². The molecule has 0 spiro atoms. The summed E-state index contributed by atoms with van der Waals surface area (Å²) >= 11 is 3.47. The molecular formula is C14H15BrN2O4. The number of hydrogen-bond donors (Lipinski definition) is 1. The minimum Gasteiger partial charge on any atom is -0.493 e. The zero-order chi connectivity index (χ0) is 15.6. The van der Waals surface area contributed by atoms with Crippen molar-refractivity contribution in [3.05, 3.63) is 39.6 Å². The van der Waals surface area contributed by atoms with Gasteiger partial charge in [0.05, 0.1) is 28.5 Å². The van der Waals surface area contributed by atoms with Crippen molar-refractivity contribution in [2.45, 2.75) is 13.5 Å². The number of carbonyl (C=O) groups is 1. The Balaban J connectivity index is 2.22. The normalized spacial score (nSPS) is 10.5. The molecule has 1 aromatic heterocycles. The smallest absolute Gasteiger partial charge is 0.335 e. The van der Waals surface area contributed by atoms with Crippen LogP contribution in [0.4, 0.5) is 0 Å². The third-order valence-electron chi connectivity index (χ3n) is 3.04. The van der Waals surface area contributed by atoms with Crippen LogP contribution < -0.4 is 9.47 Å². The lowest BCUT2D eigenvalue weighted by Crippen LogP contribution is -2.05. The second-order valence-electron chi connectivity index (χ2n) is 4.43. The SMILES string of the molecule is COc1cc(C(=O)O)ccc1OCc1c(Br)c(C)nn1C. The summed E-state index contributed by atoms with van der Waals surface area (Å²) in [6, 6.07) is 4.49. The van der Waals surface area contributed by atoms with Gasteiger partial charge in [-0.15, -0.1) is 0 Å². The quantitative estimate of drug-likeness (QED) is 0.893.